The van der Waals surface area contributed by atoms with E-state index in [-0.39, 0.29) is 11.9 Å². The minimum atomic E-state index is 0.152. The normalized spacial score (nSPS) is 20.4. The number of benzene rings is 1. The lowest BCUT2D eigenvalue weighted by molar-refractivity contribution is -0.121. The van der Waals surface area contributed by atoms with E-state index in [2.05, 4.69) is 16.3 Å². The van der Waals surface area contributed by atoms with Gasteiger partial charge in [0.15, 0.2) is 11.5 Å². The van der Waals surface area contributed by atoms with Gasteiger partial charge in [-0.1, -0.05) is 13.0 Å². The Morgan fingerprint density at radius 3 is 3.10 bits per heavy atom. The van der Waals surface area contributed by atoms with Crippen LogP contribution in [0.3, 0.4) is 0 Å². The zero-order valence-corrected chi connectivity index (χ0v) is 12.4. The molecule has 21 heavy (non-hydrogen) atoms. The Morgan fingerprint density at radius 2 is 2.24 bits per heavy atom. The zero-order chi connectivity index (χ0) is 14.7. The van der Waals surface area contributed by atoms with Gasteiger partial charge in [0.05, 0.1) is 5.69 Å². The number of hydrogen-bond donors (Lipinski definition) is 1. The summed E-state index contributed by atoms with van der Waals surface area (Å²) in [5.74, 6) is 1.81. The van der Waals surface area contributed by atoms with Crippen LogP contribution in [0.5, 0.6) is 11.5 Å². The van der Waals surface area contributed by atoms with Gasteiger partial charge in [-0.05, 0) is 25.0 Å². The lowest BCUT2D eigenvalue weighted by Crippen LogP contribution is -2.37. The molecule has 0 aliphatic carbocycles. The molecule has 1 atom stereocenters. The van der Waals surface area contributed by atoms with E-state index < -0.39 is 0 Å². The molecule has 1 amide bonds. The average molecular weight is 290 g/mol. The Balaban J connectivity index is 1.68. The van der Waals surface area contributed by atoms with Gasteiger partial charge in [-0.15, -0.1) is 0 Å². The third kappa shape index (κ3) is 3.06. The standard InChI is InChI=1S/C16H22N2O3/c1-2-4-15(19)17-12-7-8-18(11-12)13-5-3-6-14-16(13)21-10-9-20-14/h3,5-6,12H,2,4,7-11H2,1H3,(H,17,19). The monoisotopic (exact) mass is 290 g/mol. The summed E-state index contributed by atoms with van der Waals surface area (Å²) in [6.45, 7) is 4.97. The molecule has 0 aromatic heterocycles. The van der Waals surface area contributed by atoms with Crippen LogP contribution in [-0.2, 0) is 4.79 Å². The summed E-state index contributed by atoms with van der Waals surface area (Å²) in [5.41, 5.74) is 1.07. The predicted octanol–water partition coefficient (Wildman–Crippen LogP) is 1.95. The number of ether oxygens (including phenoxy) is 2. The number of para-hydroxylation sites is 1. The van der Waals surface area contributed by atoms with Crippen molar-refractivity contribution in [1.82, 2.24) is 5.32 Å². The van der Waals surface area contributed by atoms with E-state index >= 15 is 0 Å². The molecular weight excluding hydrogens is 268 g/mol. The van der Waals surface area contributed by atoms with Gasteiger partial charge < -0.3 is 19.7 Å². The highest BCUT2D eigenvalue weighted by Gasteiger charge is 2.27. The molecule has 2 aliphatic rings. The molecule has 1 N–H and O–H groups in total. The Kier molecular flexibility index (Phi) is 4.18. The second-order valence-electron chi connectivity index (χ2n) is 5.55. The van der Waals surface area contributed by atoms with Crippen LogP contribution >= 0.6 is 0 Å². The summed E-state index contributed by atoms with van der Waals surface area (Å²) in [7, 11) is 0. The summed E-state index contributed by atoms with van der Waals surface area (Å²) < 4.78 is 11.4. The molecule has 3 rings (SSSR count). The molecular formula is C16H22N2O3. The number of amides is 1. The van der Waals surface area contributed by atoms with Gasteiger partial charge in [-0.25, -0.2) is 0 Å². The van der Waals surface area contributed by atoms with E-state index in [9.17, 15) is 4.79 Å². The minimum absolute atomic E-state index is 0.152. The molecule has 1 aromatic carbocycles. The topological polar surface area (TPSA) is 50.8 Å². The Bertz CT molecular complexity index is 518. The van der Waals surface area contributed by atoms with Crippen LogP contribution in [0.2, 0.25) is 0 Å². The molecule has 0 bridgehead atoms. The van der Waals surface area contributed by atoms with Crippen LogP contribution in [0, 0.1) is 0 Å². The van der Waals surface area contributed by atoms with Crippen molar-refractivity contribution in [3.63, 3.8) is 0 Å². The average Bonchev–Trinajstić information content (AvgIpc) is 2.95. The van der Waals surface area contributed by atoms with Gasteiger partial charge in [0.25, 0.3) is 0 Å². The first-order valence-corrected chi connectivity index (χ1v) is 7.71. The van der Waals surface area contributed by atoms with E-state index in [0.717, 1.165) is 43.1 Å². The fourth-order valence-electron chi connectivity index (χ4n) is 2.93. The molecule has 114 valence electrons. The van der Waals surface area contributed by atoms with Gasteiger partial charge in [0.2, 0.25) is 5.91 Å². The second kappa shape index (κ2) is 6.24. The van der Waals surface area contributed by atoms with Crippen molar-refractivity contribution in [1.29, 1.82) is 0 Å². The number of rotatable bonds is 4. The molecule has 2 aliphatic heterocycles. The number of fused-ring (bicyclic) bond motifs is 1. The molecule has 0 spiro atoms. The van der Waals surface area contributed by atoms with Crippen LogP contribution in [-0.4, -0.2) is 38.3 Å². The van der Waals surface area contributed by atoms with Crippen molar-refractivity contribution in [2.75, 3.05) is 31.2 Å². The Labute approximate surface area is 125 Å². The fourth-order valence-corrected chi connectivity index (χ4v) is 2.93. The maximum absolute atomic E-state index is 11.7. The van der Waals surface area contributed by atoms with E-state index in [1.165, 1.54) is 0 Å². The highest BCUT2D eigenvalue weighted by atomic mass is 16.6. The van der Waals surface area contributed by atoms with Gasteiger partial charge in [-0.3, -0.25) is 4.79 Å². The highest BCUT2D eigenvalue weighted by molar-refractivity contribution is 5.76. The molecule has 5 nitrogen and oxygen atoms in total. The van der Waals surface area contributed by atoms with Crippen LogP contribution < -0.4 is 19.7 Å². The molecule has 2 heterocycles. The van der Waals surface area contributed by atoms with Crippen LogP contribution in [0.25, 0.3) is 0 Å². The van der Waals surface area contributed by atoms with Crippen LogP contribution in [0.4, 0.5) is 5.69 Å². The molecule has 0 radical (unpaired) electrons. The van der Waals surface area contributed by atoms with Crippen molar-refractivity contribution < 1.29 is 14.3 Å². The number of hydrogen-bond acceptors (Lipinski definition) is 4. The number of anilines is 1. The van der Waals surface area contributed by atoms with Gasteiger partial charge in [0, 0.05) is 25.6 Å². The molecule has 1 aromatic rings. The van der Waals surface area contributed by atoms with Crippen molar-refractivity contribution in [3.8, 4) is 11.5 Å². The summed E-state index contributed by atoms with van der Waals surface area (Å²) >= 11 is 0. The molecule has 1 fully saturated rings. The number of carbonyl (C=O) groups is 1. The van der Waals surface area contributed by atoms with E-state index in [0.29, 0.717) is 19.6 Å². The predicted molar refractivity (Wildman–Crippen MR) is 81.1 cm³/mol. The fraction of sp³-hybridized carbons (Fsp3) is 0.562. The molecule has 1 unspecified atom stereocenters. The Morgan fingerprint density at radius 1 is 1.38 bits per heavy atom. The first-order valence-electron chi connectivity index (χ1n) is 7.71. The number of carbonyl (C=O) groups excluding carboxylic acids is 1. The molecule has 0 saturated carbocycles. The van der Waals surface area contributed by atoms with E-state index in [1.807, 2.05) is 19.1 Å². The zero-order valence-electron chi connectivity index (χ0n) is 12.4. The highest BCUT2D eigenvalue weighted by Crippen LogP contribution is 2.40. The lowest BCUT2D eigenvalue weighted by Gasteiger charge is -2.26. The van der Waals surface area contributed by atoms with E-state index in [1.54, 1.807) is 0 Å². The summed E-state index contributed by atoms with van der Waals surface area (Å²) in [6, 6.07) is 6.22. The van der Waals surface area contributed by atoms with Crippen molar-refractivity contribution >= 4 is 11.6 Å². The van der Waals surface area contributed by atoms with Crippen molar-refractivity contribution in [3.05, 3.63) is 18.2 Å². The maximum Gasteiger partial charge on any atom is 0.220 e. The largest absolute Gasteiger partial charge is 0.486 e. The second-order valence-corrected chi connectivity index (χ2v) is 5.55. The number of nitrogens with one attached hydrogen (secondary N) is 1. The number of nitrogens with zero attached hydrogens (tertiary/aromatic N) is 1. The summed E-state index contributed by atoms with van der Waals surface area (Å²) in [4.78, 5) is 14.0. The smallest absolute Gasteiger partial charge is 0.220 e. The SMILES string of the molecule is CCCC(=O)NC1CCN(c2cccc3c2OCCO3)C1. The van der Waals surface area contributed by atoms with Crippen molar-refractivity contribution in [2.45, 2.75) is 32.2 Å². The quantitative estimate of drug-likeness (QED) is 0.921. The molecule has 1 saturated heterocycles. The van der Waals surface area contributed by atoms with E-state index in [4.69, 9.17) is 9.47 Å². The third-order valence-corrected chi connectivity index (χ3v) is 3.92. The van der Waals surface area contributed by atoms with Gasteiger partial charge in [0.1, 0.15) is 13.2 Å². The molecule has 5 heteroatoms. The summed E-state index contributed by atoms with van der Waals surface area (Å²) in [6.07, 6.45) is 2.47. The van der Waals surface area contributed by atoms with Crippen molar-refractivity contribution in [2.24, 2.45) is 0 Å². The first-order chi connectivity index (χ1) is 10.3. The minimum Gasteiger partial charge on any atom is -0.486 e. The Hall–Kier alpha value is -1.91. The van der Waals surface area contributed by atoms with Crippen LogP contribution in [0.15, 0.2) is 18.2 Å². The van der Waals surface area contributed by atoms with Gasteiger partial charge >= 0.3 is 0 Å². The van der Waals surface area contributed by atoms with Crippen LogP contribution in [0.1, 0.15) is 26.2 Å². The first kappa shape index (κ1) is 14.0. The van der Waals surface area contributed by atoms with Gasteiger partial charge in [-0.2, -0.15) is 0 Å². The lowest BCUT2D eigenvalue weighted by atomic mass is 10.2. The third-order valence-electron chi connectivity index (χ3n) is 3.92. The summed E-state index contributed by atoms with van der Waals surface area (Å²) in [5, 5.41) is 3.11. The maximum atomic E-state index is 11.7.